The number of rotatable bonds is 9. The lowest BCUT2D eigenvalue weighted by Crippen LogP contribution is -2.30. The fraction of sp³-hybridized carbons (Fsp3) is 0.364. The van der Waals surface area contributed by atoms with Crippen LogP contribution in [0.3, 0.4) is 0 Å². The molecule has 0 bridgehead atoms. The zero-order chi connectivity index (χ0) is 24.3. The predicted molar refractivity (Wildman–Crippen MR) is 130 cm³/mol. The molecule has 178 valence electrons. The van der Waals surface area contributed by atoms with Gasteiger partial charge in [-0.25, -0.2) is 13.2 Å². The summed E-state index contributed by atoms with van der Waals surface area (Å²) in [5.41, 5.74) is 1.91. The molecule has 0 unspecified atom stereocenters. The molecule has 0 atom stereocenters. The van der Waals surface area contributed by atoms with Gasteiger partial charge < -0.3 is 14.6 Å². The molecule has 0 aliphatic rings. The molecule has 0 aliphatic heterocycles. The Bertz CT molecular complexity index is 1330. The molecule has 1 heterocycles. The number of aryl methyl sites for hydroxylation is 1. The molecule has 0 saturated heterocycles. The topological polar surface area (TPSA) is 105 Å². The van der Waals surface area contributed by atoms with Crippen LogP contribution in [0.5, 0.6) is 0 Å². The van der Waals surface area contributed by atoms with Crippen LogP contribution in [0, 0.1) is 0 Å². The SMILES string of the molecule is CCN(CC)S(=O)(=O)c1ccc(N(C)C)c(NC(=O)CCn2c(=O)oc3cc(Cl)ccc32)c1. The van der Waals surface area contributed by atoms with E-state index in [0.717, 1.165) is 0 Å². The number of sulfonamides is 1. The molecule has 1 N–H and O–H groups in total. The lowest BCUT2D eigenvalue weighted by atomic mass is 10.2. The van der Waals surface area contributed by atoms with Crippen LogP contribution in [0.25, 0.3) is 11.1 Å². The first-order valence-electron chi connectivity index (χ1n) is 10.5. The Hall–Kier alpha value is -2.82. The Labute approximate surface area is 197 Å². The van der Waals surface area contributed by atoms with Gasteiger partial charge in [-0.05, 0) is 30.3 Å². The highest BCUT2D eigenvalue weighted by atomic mass is 35.5. The number of aromatic nitrogens is 1. The van der Waals surface area contributed by atoms with Crippen molar-refractivity contribution in [3.63, 3.8) is 0 Å². The third kappa shape index (κ3) is 5.23. The largest absolute Gasteiger partial charge is 0.419 e. The number of anilines is 2. The van der Waals surface area contributed by atoms with E-state index < -0.39 is 15.8 Å². The second-order valence-corrected chi connectivity index (χ2v) is 9.97. The van der Waals surface area contributed by atoms with E-state index >= 15 is 0 Å². The second kappa shape index (κ2) is 9.98. The van der Waals surface area contributed by atoms with E-state index in [1.54, 1.807) is 57.1 Å². The van der Waals surface area contributed by atoms with E-state index in [0.29, 0.717) is 40.6 Å². The molecule has 0 spiro atoms. The first-order valence-corrected chi connectivity index (χ1v) is 12.3. The maximum Gasteiger partial charge on any atom is 0.419 e. The molecular weight excluding hydrogens is 468 g/mol. The summed E-state index contributed by atoms with van der Waals surface area (Å²) in [6, 6.07) is 9.49. The maximum absolute atomic E-state index is 12.9. The van der Waals surface area contributed by atoms with E-state index in [2.05, 4.69) is 5.32 Å². The average molecular weight is 495 g/mol. The summed E-state index contributed by atoms with van der Waals surface area (Å²) < 4.78 is 33.7. The number of hydrogen-bond donors (Lipinski definition) is 1. The molecular formula is C22H27ClN4O5S. The molecule has 0 radical (unpaired) electrons. The number of amides is 1. The molecule has 2 aromatic carbocycles. The Morgan fingerprint density at radius 2 is 1.82 bits per heavy atom. The van der Waals surface area contributed by atoms with Crippen LogP contribution in [0.4, 0.5) is 11.4 Å². The molecule has 1 aromatic heterocycles. The third-order valence-corrected chi connectivity index (χ3v) is 7.54. The summed E-state index contributed by atoms with van der Waals surface area (Å²) in [5, 5.41) is 3.23. The molecule has 11 heteroatoms. The highest BCUT2D eigenvalue weighted by Gasteiger charge is 2.23. The number of oxazole rings is 1. The van der Waals surface area contributed by atoms with E-state index in [4.69, 9.17) is 16.0 Å². The van der Waals surface area contributed by atoms with Crippen molar-refractivity contribution >= 4 is 50.0 Å². The fourth-order valence-corrected chi connectivity index (χ4v) is 5.20. The number of carbonyl (C=O) groups excluding carboxylic acids is 1. The minimum absolute atomic E-state index is 0.0168. The molecule has 0 fully saturated rings. The van der Waals surface area contributed by atoms with Gasteiger partial charge in [-0.2, -0.15) is 4.31 Å². The molecule has 0 saturated carbocycles. The summed E-state index contributed by atoms with van der Waals surface area (Å²) >= 11 is 5.94. The molecule has 0 aliphatic carbocycles. The van der Waals surface area contributed by atoms with Crippen molar-refractivity contribution in [3.8, 4) is 0 Å². The molecule has 3 rings (SSSR count). The van der Waals surface area contributed by atoms with Crippen molar-refractivity contribution in [2.24, 2.45) is 0 Å². The Morgan fingerprint density at radius 1 is 1.12 bits per heavy atom. The van der Waals surface area contributed by atoms with Gasteiger partial charge in [-0.1, -0.05) is 25.4 Å². The first-order chi connectivity index (χ1) is 15.6. The number of carbonyl (C=O) groups is 1. The lowest BCUT2D eigenvalue weighted by molar-refractivity contribution is -0.116. The van der Waals surface area contributed by atoms with E-state index in [9.17, 15) is 18.0 Å². The zero-order valence-corrected chi connectivity index (χ0v) is 20.5. The zero-order valence-electron chi connectivity index (χ0n) is 19.0. The number of fused-ring (bicyclic) bond motifs is 1. The maximum atomic E-state index is 12.9. The van der Waals surface area contributed by atoms with E-state index in [-0.39, 0.29) is 23.8 Å². The average Bonchev–Trinajstić information content (AvgIpc) is 3.06. The number of hydrogen-bond acceptors (Lipinski definition) is 6. The lowest BCUT2D eigenvalue weighted by Gasteiger charge is -2.22. The molecule has 1 amide bonds. The smallest absolute Gasteiger partial charge is 0.408 e. The summed E-state index contributed by atoms with van der Waals surface area (Å²) in [5.74, 6) is -0.952. The van der Waals surface area contributed by atoms with Crippen LogP contribution in [0.1, 0.15) is 20.3 Å². The quantitative estimate of drug-likeness (QED) is 0.489. The van der Waals surface area contributed by atoms with Gasteiger partial charge in [0.15, 0.2) is 5.58 Å². The summed E-state index contributed by atoms with van der Waals surface area (Å²) in [6.45, 7) is 4.32. The van der Waals surface area contributed by atoms with Crippen molar-refractivity contribution in [3.05, 3.63) is 52.0 Å². The van der Waals surface area contributed by atoms with Crippen LogP contribution in [-0.2, 0) is 21.4 Å². The molecule has 3 aromatic rings. The fourth-order valence-electron chi connectivity index (χ4n) is 3.56. The minimum Gasteiger partial charge on any atom is -0.408 e. The van der Waals surface area contributed by atoms with Crippen molar-refractivity contribution in [2.45, 2.75) is 31.7 Å². The van der Waals surface area contributed by atoms with E-state index in [1.165, 1.54) is 21.0 Å². The monoisotopic (exact) mass is 494 g/mol. The second-order valence-electron chi connectivity index (χ2n) is 7.59. The van der Waals surface area contributed by atoms with Crippen molar-refractivity contribution < 1.29 is 17.6 Å². The number of nitrogens with one attached hydrogen (secondary N) is 1. The van der Waals surface area contributed by atoms with Crippen LogP contribution >= 0.6 is 11.6 Å². The van der Waals surface area contributed by atoms with Crippen LogP contribution in [0.2, 0.25) is 5.02 Å². The predicted octanol–water partition coefficient (Wildman–Crippen LogP) is 3.37. The first kappa shape index (κ1) is 24.8. The van der Waals surface area contributed by atoms with Gasteiger partial charge in [0.25, 0.3) is 0 Å². The highest BCUT2D eigenvalue weighted by Crippen LogP contribution is 2.29. The van der Waals surface area contributed by atoms with Crippen LogP contribution in [-0.4, -0.2) is 50.4 Å². The number of nitrogens with zero attached hydrogens (tertiary/aromatic N) is 3. The van der Waals surface area contributed by atoms with Crippen molar-refractivity contribution in [1.29, 1.82) is 0 Å². The van der Waals surface area contributed by atoms with Crippen molar-refractivity contribution in [2.75, 3.05) is 37.4 Å². The van der Waals surface area contributed by atoms with Crippen molar-refractivity contribution in [1.82, 2.24) is 8.87 Å². The number of benzene rings is 2. The highest BCUT2D eigenvalue weighted by molar-refractivity contribution is 7.89. The Balaban J connectivity index is 1.84. The van der Waals surface area contributed by atoms with Gasteiger partial charge in [0.05, 0.1) is 21.8 Å². The summed E-state index contributed by atoms with van der Waals surface area (Å²) in [4.78, 5) is 26.8. The summed E-state index contributed by atoms with van der Waals surface area (Å²) in [7, 11) is -0.0933. The molecule has 9 nitrogen and oxygen atoms in total. The third-order valence-electron chi connectivity index (χ3n) is 5.26. The van der Waals surface area contributed by atoms with Crippen LogP contribution in [0.15, 0.2) is 50.5 Å². The molecule has 33 heavy (non-hydrogen) atoms. The van der Waals surface area contributed by atoms with Crippen LogP contribution < -0.4 is 16.0 Å². The van der Waals surface area contributed by atoms with E-state index in [1.807, 2.05) is 0 Å². The number of halogens is 1. The summed E-state index contributed by atoms with van der Waals surface area (Å²) in [6.07, 6.45) is -0.0168. The van der Waals surface area contributed by atoms with Gasteiger partial charge >= 0.3 is 5.76 Å². The standard InChI is InChI=1S/C22H27ClN4O5S/c1-5-26(6-2)33(30,31)16-8-10-18(25(3)4)17(14-16)24-21(28)11-12-27-19-9-7-15(23)13-20(19)32-22(27)29/h7-10,13-14H,5-6,11-12H2,1-4H3,(H,24,28). The normalized spacial score (nSPS) is 11.8. The van der Waals surface area contributed by atoms with Gasteiger partial charge in [-0.15, -0.1) is 0 Å². The Morgan fingerprint density at radius 3 is 2.45 bits per heavy atom. The van der Waals surface area contributed by atoms with Gasteiger partial charge in [-0.3, -0.25) is 9.36 Å². The minimum atomic E-state index is -3.69. The van der Waals surface area contributed by atoms with Gasteiger partial charge in [0.1, 0.15) is 0 Å². The van der Waals surface area contributed by atoms with Gasteiger partial charge in [0, 0.05) is 51.2 Å². The van der Waals surface area contributed by atoms with Gasteiger partial charge in [0.2, 0.25) is 15.9 Å². The Kier molecular flexibility index (Phi) is 7.51.